The van der Waals surface area contributed by atoms with Gasteiger partial charge in [0.2, 0.25) is 10.0 Å². The average Bonchev–Trinajstić information content (AvgIpc) is 2.14. The standard InChI is InChI=1S/C11H18N2O2S/c1-5-13-16(14,15)11-8(3)7(2)6-10(12)9(11)4/h6,13H,5,12H2,1-4H3. The van der Waals surface area contributed by atoms with Crippen molar-refractivity contribution >= 4 is 15.7 Å². The van der Waals surface area contributed by atoms with Crippen molar-refractivity contribution < 1.29 is 8.42 Å². The molecule has 0 aliphatic heterocycles. The topological polar surface area (TPSA) is 72.2 Å². The van der Waals surface area contributed by atoms with Gasteiger partial charge in [-0.25, -0.2) is 13.1 Å². The van der Waals surface area contributed by atoms with E-state index in [1.807, 2.05) is 6.92 Å². The summed E-state index contributed by atoms with van der Waals surface area (Å²) in [4.78, 5) is 0.312. The minimum absolute atomic E-state index is 0.312. The number of aryl methyl sites for hydroxylation is 1. The van der Waals surface area contributed by atoms with Crippen LogP contribution in [0.15, 0.2) is 11.0 Å². The van der Waals surface area contributed by atoms with Crippen molar-refractivity contribution in [3.05, 3.63) is 22.8 Å². The van der Waals surface area contributed by atoms with Gasteiger partial charge in [-0.2, -0.15) is 0 Å². The minimum Gasteiger partial charge on any atom is -0.398 e. The number of nitrogens with one attached hydrogen (secondary N) is 1. The Morgan fingerprint density at radius 3 is 2.31 bits per heavy atom. The van der Waals surface area contributed by atoms with Crippen LogP contribution >= 0.6 is 0 Å². The third kappa shape index (κ3) is 2.20. The summed E-state index contributed by atoms with van der Waals surface area (Å²) in [5, 5.41) is 0. The predicted molar refractivity (Wildman–Crippen MR) is 65.9 cm³/mol. The van der Waals surface area contributed by atoms with E-state index in [9.17, 15) is 8.42 Å². The third-order valence-corrected chi connectivity index (χ3v) is 4.50. The summed E-state index contributed by atoms with van der Waals surface area (Å²) in [6.45, 7) is 7.50. The van der Waals surface area contributed by atoms with Crippen LogP contribution in [0.2, 0.25) is 0 Å². The molecular weight excluding hydrogens is 224 g/mol. The van der Waals surface area contributed by atoms with E-state index < -0.39 is 10.0 Å². The van der Waals surface area contributed by atoms with E-state index in [2.05, 4.69) is 4.72 Å². The van der Waals surface area contributed by atoms with E-state index >= 15 is 0 Å². The van der Waals surface area contributed by atoms with Crippen LogP contribution in [-0.4, -0.2) is 15.0 Å². The molecule has 0 saturated carbocycles. The molecule has 1 aromatic rings. The Bertz CT molecular complexity index is 481. The first-order valence-corrected chi connectivity index (χ1v) is 6.65. The number of rotatable bonds is 3. The largest absolute Gasteiger partial charge is 0.398 e. The van der Waals surface area contributed by atoms with Crippen molar-refractivity contribution in [1.29, 1.82) is 0 Å². The maximum absolute atomic E-state index is 12.0. The maximum Gasteiger partial charge on any atom is 0.241 e. The summed E-state index contributed by atoms with van der Waals surface area (Å²) in [6, 6.07) is 1.80. The van der Waals surface area contributed by atoms with Crippen molar-refractivity contribution in [2.45, 2.75) is 32.6 Å². The van der Waals surface area contributed by atoms with Crippen LogP contribution in [0.5, 0.6) is 0 Å². The molecule has 0 amide bonds. The van der Waals surface area contributed by atoms with Crippen LogP contribution in [0.25, 0.3) is 0 Å². The number of benzene rings is 1. The summed E-state index contributed by atoms with van der Waals surface area (Å²) in [5.74, 6) is 0. The Morgan fingerprint density at radius 2 is 1.81 bits per heavy atom. The molecule has 0 aliphatic carbocycles. The molecule has 0 atom stereocenters. The van der Waals surface area contributed by atoms with Crippen molar-refractivity contribution in [1.82, 2.24) is 4.72 Å². The highest BCUT2D eigenvalue weighted by atomic mass is 32.2. The lowest BCUT2D eigenvalue weighted by molar-refractivity contribution is 0.582. The quantitative estimate of drug-likeness (QED) is 0.789. The number of sulfonamides is 1. The molecule has 4 nitrogen and oxygen atoms in total. The number of nitrogens with two attached hydrogens (primary N) is 1. The number of anilines is 1. The molecule has 0 saturated heterocycles. The van der Waals surface area contributed by atoms with Gasteiger partial charge < -0.3 is 5.73 Å². The second-order valence-corrected chi connectivity index (χ2v) is 5.57. The van der Waals surface area contributed by atoms with Crippen LogP contribution in [0, 0.1) is 20.8 Å². The van der Waals surface area contributed by atoms with Gasteiger partial charge in [-0.15, -0.1) is 0 Å². The summed E-state index contributed by atoms with van der Waals surface area (Å²) < 4.78 is 26.5. The van der Waals surface area contributed by atoms with Crippen molar-refractivity contribution in [3.8, 4) is 0 Å². The van der Waals surface area contributed by atoms with Gasteiger partial charge in [0.1, 0.15) is 0 Å². The molecule has 0 unspecified atom stereocenters. The molecule has 90 valence electrons. The SMILES string of the molecule is CCNS(=O)(=O)c1c(C)c(C)cc(N)c1C. The zero-order valence-corrected chi connectivity index (χ0v) is 10.9. The zero-order chi connectivity index (χ0) is 12.5. The van der Waals surface area contributed by atoms with E-state index in [0.717, 1.165) is 11.1 Å². The highest BCUT2D eigenvalue weighted by Gasteiger charge is 2.21. The van der Waals surface area contributed by atoms with Gasteiger partial charge in [0.15, 0.2) is 0 Å². The highest BCUT2D eigenvalue weighted by Crippen LogP contribution is 2.27. The van der Waals surface area contributed by atoms with Crippen molar-refractivity contribution in [2.24, 2.45) is 0 Å². The van der Waals surface area contributed by atoms with E-state index in [1.165, 1.54) is 0 Å². The van der Waals surface area contributed by atoms with Gasteiger partial charge in [-0.3, -0.25) is 0 Å². The lowest BCUT2D eigenvalue weighted by Gasteiger charge is -2.15. The molecule has 5 heteroatoms. The lowest BCUT2D eigenvalue weighted by Crippen LogP contribution is -2.25. The second-order valence-electron chi connectivity index (χ2n) is 3.86. The Labute approximate surface area is 96.9 Å². The Morgan fingerprint density at radius 1 is 1.25 bits per heavy atom. The van der Waals surface area contributed by atoms with Crippen molar-refractivity contribution in [3.63, 3.8) is 0 Å². The third-order valence-electron chi connectivity index (χ3n) is 2.68. The zero-order valence-electron chi connectivity index (χ0n) is 10.1. The van der Waals surface area contributed by atoms with Gasteiger partial charge in [0.25, 0.3) is 0 Å². The van der Waals surface area contributed by atoms with Crippen molar-refractivity contribution in [2.75, 3.05) is 12.3 Å². The summed E-state index contributed by atoms with van der Waals surface area (Å²) in [6.07, 6.45) is 0. The average molecular weight is 242 g/mol. The number of nitrogen functional groups attached to an aromatic ring is 1. The fraction of sp³-hybridized carbons (Fsp3) is 0.455. The highest BCUT2D eigenvalue weighted by molar-refractivity contribution is 7.89. The first-order chi connectivity index (χ1) is 7.31. The van der Waals surface area contributed by atoms with E-state index in [4.69, 9.17) is 5.73 Å². The van der Waals surface area contributed by atoms with Crippen LogP contribution in [0.4, 0.5) is 5.69 Å². The molecule has 0 spiro atoms. The number of hydrogen-bond acceptors (Lipinski definition) is 3. The monoisotopic (exact) mass is 242 g/mol. The van der Waals surface area contributed by atoms with Crippen LogP contribution in [0.3, 0.4) is 0 Å². The molecule has 0 heterocycles. The van der Waals surface area contributed by atoms with E-state index in [-0.39, 0.29) is 0 Å². The van der Waals surface area contributed by atoms with Gasteiger partial charge in [0, 0.05) is 12.2 Å². The molecule has 16 heavy (non-hydrogen) atoms. The molecule has 1 rings (SSSR count). The molecular formula is C11H18N2O2S. The van der Waals surface area contributed by atoms with Crippen LogP contribution in [0.1, 0.15) is 23.6 Å². The maximum atomic E-state index is 12.0. The van der Waals surface area contributed by atoms with E-state index in [0.29, 0.717) is 22.7 Å². The minimum atomic E-state index is -3.45. The first kappa shape index (κ1) is 13.0. The van der Waals surface area contributed by atoms with Crippen LogP contribution in [-0.2, 0) is 10.0 Å². The molecule has 0 radical (unpaired) electrons. The van der Waals surface area contributed by atoms with Gasteiger partial charge >= 0.3 is 0 Å². The summed E-state index contributed by atoms with van der Waals surface area (Å²) in [7, 11) is -3.45. The van der Waals surface area contributed by atoms with E-state index in [1.54, 1.807) is 26.8 Å². The Kier molecular flexibility index (Phi) is 3.60. The molecule has 1 aromatic carbocycles. The van der Waals surface area contributed by atoms with Gasteiger partial charge in [-0.05, 0) is 43.5 Å². The molecule has 0 fully saturated rings. The van der Waals surface area contributed by atoms with Gasteiger partial charge in [0.05, 0.1) is 4.90 Å². The summed E-state index contributed by atoms with van der Waals surface area (Å²) in [5.41, 5.74) is 8.56. The molecule has 0 aliphatic rings. The normalized spacial score (nSPS) is 11.8. The van der Waals surface area contributed by atoms with Crippen LogP contribution < -0.4 is 10.5 Å². The smallest absolute Gasteiger partial charge is 0.241 e. The summed E-state index contributed by atoms with van der Waals surface area (Å²) >= 11 is 0. The molecule has 3 N–H and O–H groups in total. The second kappa shape index (κ2) is 4.43. The molecule has 0 aromatic heterocycles. The lowest BCUT2D eigenvalue weighted by atomic mass is 10.1. The fourth-order valence-corrected chi connectivity index (χ4v) is 3.32. The first-order valence-electron chi connectivity index (χ1n) is 5.17. The predicted octanol–water partition coefficient (Wildman–Crippen LogP) is 1.49. The Hall–Kier alpha value is -1.07. The molecule has 0 bridgehead atoms. The Balaban J connectivity index is 3.56. The van der Waals surface area contributed by atoms with Gasteiger partial charge in [-0.1, -0.05) is 6.92 Å². The fourth-order valence-electron chi connectivity index (χ4n) is 1.71. The number of hydrogen-bond donors (Lipinski definition) is 2.